The van der Waals surface area contributed by atoms with Crippen molar-refractivity contribution in [3.05, 3.63) is 12.2 Å². The van der Waals surface area contributed by atoms with Crippen LogP contribution in [0.5, 0.6) is 0 Å². The number of carbonyl (C=O) groups is 2. The molecule has 0 aliphatic carbocycles. The molecule has 0 saturated carbocycles. The maximum atomic E-state index is 10.7. The molecule has 0 aliphatic rings. The quantitative estimate of drug-likeness (QED) is 0.442. The molecule has 0 radical (unpaired) electrons. The molecule has 0 heterocycles. The summed E-state index contributed by atoms with van der Waals surface area (Å²) in [5, 5.41) is 8.29. The molecular formula is C7H11NO4. The van der Waals surface area contributed by atoms with Crippen LogP contribution in [0, 0.1) is 0 Å². The smallest absolute Gasteiger partial charge is 0.333 e. The molecule has 0 spiro atoms. The van der Waals surface area contributed by atoms with Gasteiger partial charge in [0.15, 0.2) is 0 Å². The van der Waals surface area contributed by atoms with Crippen molar-refractivity contribution in [2.45, 2.75) is 13.0 Å². The molecule has 0 amide bonds. The number of esters is 1. The first-order valence-corrected chi connectivity index (χ1v) is 3.26. The highest BCUT2D eigenvalue weighted by Crippen LogP contribution is 1.92. The van der Waals surface area contributed by atoms with Gasteiger partial charge in [0, 0.05) is 5.57 Å². The molecule has 0 rings (SSSR count). The van der Waals surface area contributed by atoms with Gasteiger partial charge in [0.1, 0.15) is 12.6 Å². The SMILES string of the molecule is C=C(C)C(=O)OCC(N)C(=O)O. The zero-order valence-electron chi connectivity index (χ0n) is 6.74. The summed E-state index contributed by atoms with van der Waals surface area (Å²) < 4.78 is 4.48. The molecule has 5 nitrogen and oxygen atoms in total. The van der Waals surface area contributed by atoms with E-state index >= 15 is 0 Å². The Morgan fingerprint density at radius 2 is 2.17 bits per heavy atom. The number of aliphatic carboxylic acids is 1. The maximum absolute atomic E-state index is 10.7. The van der Waals surface area contributed by atoms with Crippen LogP contribution in [0.15, 0.2) is 12.2 Å². The predicted molar refractivity (Wildman–Crippen MR) is 41.4 cm³/mol. The first-order chi connectivity index (χ1) is 5.45. The van der Waals surface area contributed by atoms with E-state index in [9.17, 15) is 9.59 Å². The number of nitrogens with two attached hydrogens (primary N) is 1. The molecule has 12 heavy (non-hydrogen) atoms. The summed E-state index contributed by atoms with van der Waals surface area (Å²) in [5.74, 6) is -1.84. The first kappa shape index (κ1) is 10.6. The van der Waals surface area contributed by atoms with Gasteiger partial charge in [-0.1, -0.05) is 6.58 Å². The molecule has 0 saturated heterocycles. The second-order valence-corrected chi connectivity index (χ2v) is 2.32. The average molecular weight is 173 g/mol. The van der Waals surface area contributed by atoms with Crippen molar-refractivity contribution < 1.29 is 19.4 Å². The average Bonchev–Trinajstić information content (AvgIpc) is 1.98. The lowest BCUT2D eigenvalue weighted by Crippen LogP contribution is -2.35. The molecule has 5 heteroatoms. The van der Waals surface area contributed by atoms with Crippen LogP contribution in [0.2, 0.25) is 0 Å². The maximum Gasteiger partial charge on any atom is 0.333 e. The van der Waals surface area contributed by atoms with Crippen LogP contribution in [0.3, 0.4) is 0 Å². The van der Waals surface area contributed by atoms with E-state index < -0.39 is 18.0 Å². The lowest BCUT2D eigenvalue weighted by molar-refractivity contribution is -0.144. The highest BCUT2D eigenvalue weighted by molar-refractivity contribution is 5.87. The predicted octanol–water partition coefficient (Wildman–Crippen LogP) is -0.482. The van der Waals surface area contributed by atoms with E-state index in [0.717, 1.165) is 0 Å². The number of ether oxygens (including phenoxy) is 1. The monoisotopic (exact) mass is 173 g/mol. The molecule has 0 bridgehead atoms. The van der Waals surface area contributed by atoms with E-state index in [1.165, 1.54) is 6.92 Å². The molecule has 3 N–H and O–H groups in total. The number of hydrogen-bond acceptors (Lipinski definition) is 4. The Kier molecular flexibility index (Phi) is 3.99. The van der Waals surface area contributed by atoms with Gasteiger partial charge in [0.25, 0.3) is 0 Å². The van der Waals surface area contributed by atoms with Gasteiger partial charge in [-0.3, -0.25) is 4.79 Å². The van der Waals surface area contributed by atoms with Gasteiger partial charge in [-0.05, 0) is 6.92 Å². The van der Waals surface area contributed by atoms with E-state index in [0.29, 0.717) is 0 Å². The van der Waals surface area contributed by atoms with Crippen molar-refractivity contribution in [3.8, 4) is 0 Å². The highest BCUT2D eigenvalue weighted by Gasteiger charge is 2.13. The van der Waals surface area contributed by atoms with Gasteiger partial charge < -0.3 is 15.6 Å². The van der Waals surface area contributed by atoms with Gasteiger partial charge in [-0.15, -0.1) is 0 Å². The van der Waals surface area contributed by atoms with Gasteiger partial charge in [-0.25, -0.2) is 4.79 Å². The lowest BCUT2D eigenvalue weighted by Gasteiger charge is -2.06. The van der Waals surface area contributed by atoms with Crippen molar-refractivity contribution in [1.82, 2.24) is 0 Å². The number of hydrogen-bond donors (Lipinski definition) is 2. The fourth-order valence-electron chi connectivity index (χ4n) is 0.360. The zero-order chi connectivity index (χ0) is 9.72. The van der Waals surface area contributed by atoms with E-state index in [1.807, 2.05) is 0 Å². The number of rotatable bonds is 4. The Labute approximate surface area is 69.8 Å². The van der Waals surface area contributed by atoms with Gasteiger partial charge in [-0.2, -0.15) is 0 Å². The van der Waals surface area contributed by atoms with Gasteiger partial charge >= 0.3 is 11.9 Å². The Balaban J connectivity index is 3.76. The summed E-state index contributed by atoms with van der Waals surface area (Å²) in [7, 11) is 0. The minimum Gasteiger partial charge on any atom is -0.480 e. The van der Waals surface area contributed by atoms with E-state index in [-0.39, 0.29) is 12.2 Å². The van der Waals surface area contributed by atoms with Crippen LogP contribution in [0.25, 0.3) is 0 Å². The summed E-state index contributed by atoms with van der Waals surface area (Å²) in [6.45, 7) is 4.45. The van der Waals surface area contributed by atoms with Crippen molar-refractivity contribution in [3.63, 3.8) is 0 Å². The van der Waals surface area contributed by atoms with Crippen LogP contribution in [-0.4, -0.2) is 29.7 Å². The third-order valence-electron chi connectivity index (χ3n) is 1.06. The molecule has 0 fully saturated rings. The standard InChI is InChI=1S/C7H11NO4/c1-4(2)7(11)12-3-5(8)6(9)10/h5H,1,3,8H2,2H3,(H,9,10). The summed E-state index contributed by atoms with van der Waals surface area (Å²) in [6, 6.07) is -1.17. The second kappa shape index (κ2) is 4.50. The fourth-order valence-corrected chi connectivity index (χ4v) is 0.360. The van der Waals surface area contributed by atoms with E-state index in [4.69, 9.17) is 10.8 Å². The summed E-state index contributed by atoms with van der Waals surface area (Å²) >= 11 is 0. The molecule has 0 aromatic carbocycles. The summed E-state index contributed by atoms with van der Waals surface area (Å²) in [6.07, 6.45) is 0. The molecule has 1 atom stereocenters. The van der Waals surface area contributed by atoms with Crippen molar-refractivity contribution in [1.29, 1.82) is 0 Å². The number of carboxylic acid groups (broad SMARTS) is 1. The molecule has 68 valence electrons. The number of carbonyl (C=O) groups excluding carboxylic acids is 1. The van der Waals surface area contributed by atoms with E-state index in [1.54, 1.807) is 0 Å². The summed E-state index contributed by atoms with van der Waals surface area (Å²) in [4.78, 5) is 20.8. The lowest BCUT2D eigenvalue weighted by atomic mass is 10.3. The Bertz CT molecular complexity index is 211. The second-order valence-electron chi connectivity index (χ2n) is 2.32. The van der Waals surface area contributed by atoms with Crippen molar-refractivity contribution >= 4 is 11.9 Å². The fraction of sp³-hybridized carbons (Fsp3) is 0.429. The number of carboxylic acids is 1. The van der Waals surface area contributed by atoms with E-state index in [2.05, 4.69) is 11.3 Å². The van der Waals surface area contributed by atoms with Crippen LogP contribution >= 0.6 is 0 Å². The normalized spacial score (nSPS) is 11.8. The molecule has 0 aromatic rings. The Hall–Kier alpha value is -1.36. The van der Waals surface area contributed by atoms with Crippen LogP contribution in [-0.2, 0) is 14.3 Å². The Morgan fingerprint density at radius 1 is 1.67 bits per heavy atom. The van der Waals surface area contributed by atoms with Crippen molar-refractivity contribution in [2.75, 3.05) is 6.61 Å². The Morgan fingerprint density at radius 3 is 2.50 bits per heavy atom. The topological polar surface area (TPSA) is 89.6 Å². The molecule has 0 aromatic heterocycles. The van der Waals surface area contributed by atoms with Crippen LogP contribution in [0.1, 0.15) is 6.92 Å². The molecular weight excluding hydrogens is 162 g/mol. The first-order valence-electron chi connectivity index (χ1n) is 3.26. The molecule has 1 unspecified atom stereocenters. The third-order valence-corrected chi connectivity index (χ3v) is 1.06. The zero-order valence-corrected chi connectivity index (χ0v) is 6.74. The highest BCUT2D eigenvalue weighted by atomic mass is 16.5. The van der Waals surface area contributed by atoms with Gasteiger partial charge in [0.05, 0.1) is 0 Å². The third kappa shape index (κ3) is 3.72. The minimum atomic E-state index is -1.20. The minimum absolute atomic E-state index is 0.215. The molecule has 0 aliphatic heterocycles. The summed E-state index contributed by atoms with van der Waals surface area (Å²) in [5.41, 5.74) is 5.27. The van der Waals surface area contributed by atoms with Crippen LogP contribution < -0.4 is 5.73 Å². The largest absolute Gasteiger partial charge is 0.480 e. The van der Waals surface area contributed by atoms with Crippen molar-refractivity contribution in [2.24, 2.45) is 5.73 Å². The van der Waals surface area contributed by atoms with Gasteiger partial charge in [0.2, 0.25) is 0 Å². The van der Waals surface area contributed by atoms with Crippen LogP contribution in [0.4, 0.5) is 0 Å².